The van der Waals surface area contributed by atoms with E-state index >= 15 is 0 Å². The maximum Gasteiger partial charge on any atom is 0.410 e. The van der Waals surface area contributed by atoms with Crippen LogP contribution in [-0.4, -0.2) is 40.7 Å². The van der Waals surface area contributed by atoms with E-state index in [0.29, 0.717) is 6.04 Å². The van der Waals surface area contributed by atoms with Crippen molar-refractivity contribution in [2.75, 3.05) is 13.1 Å². The van der Waals surface area contributed by atoms with E-state index in [1.165, 1.54) is 0 Å². The van der Waals surface area contributed by atoms with Gasteiger partial charge < -0.3 is 15.0 Å². The molecule has 1 saturated heterocycles. The zero-order valence-electron chi connectivity index (χ0n) is 13.3. The number of likely N-dealkylation sites (tertiary alicyclic amines) is 1. The van der Waals surface area contributed by atoms with Gasteiger partial charge in [-0.05, 0) is 40.5 Å². The van der Waals surface area contributed by atoms with Crippen LogP contribution in [0.1, 0.15) is 51.6 Å². The Balaban J connectivity index is 1.77. The Bertz CT molecular complexity index is 448. The molecule has 0 radical (unpaired) electrons. The highest BCUT2D eigenvalue weighted by atomic mass is 32.1. The van der Waals surface area contributed by atoms with Crippen molar-refractivity contribution in [1.29, 1.82) is 0 Å². The van der Waals surface area contributed by atoms with E-state index in [9.17, 15) is 4.79 Å². The van der Waals surface area contributed by atoms with Gasteiger partial charge in [-0.1, -0.05) is 0 Å². The number of nitrogens with one attached hydrogen (secondary N) is 1. The number of aromatic nitrogens is 1. The summed E-state index contributed by atoms with van der Waals surface area (Å²) >= 11 is 1.67. The van der Waals surface area contributed by atoms with Gasteiger partial charge >= 0.3 is 6.09 Å². The summed E-state index contributed by atoms with van der Waals surface area (Å²) in [5.41, 5.74) is -0.425. The SMILES string of the molecule is C[C@@H](NC1CCN(C(=O)OC(C)(C)C)CC1)c1nccs1. The molecule has 21 heavy (non-hydrogen) atoms. The van der Waals surface area contributed by atoms with Crippen molar-refractivity contribution in [2.24, 2.45) is 0 Å². The highest BCUT2D eigenvalue weighted by Gasteiger charge is 2.27. The third kappa shape index (κ3) is 4.97. The van der Waals surface area contributed by atoms with Crippen molar-refractivity contribution in [1.82, 2.24) is 15.2 Å². The molecule has 2 rings (SSSR count). The second kappa shape index (κ2) is 6.75. The highest BCUT2D eigenvalue weighted by Crippen LogP contribution is 2.20. The van der Waals surface area contributed by atoms with Crippen LogP contribution in [0.15, 0.2) is 11.6 Å². The predicted molar refractivity (Wildman–Crippen MR) is 84.5 cm³/mol. The van der Waals surface area contributed by atoms with Crippen LogP contribution in [-0.2, 0) is 4.74 Å². The van der Waals surface area contributed by atoms with Crippen LogP contribution in [0.3, 0.4) is 0 Å². The quantitative estimate of drug-likeness (QED) is 0.931. The van der Waals surface area contributed by atoms with Gasteiger partial charge in [-0.3, -0.25) is 0 Å². The van der Waals surface area contributed by atoms with Crippen molar-refractivity contribution < 1.29 is 9.53 Å². The Labute approximate surface area is 130 Å². The van der Waals surface area contributed by atoms with Gasteiger partial charge in [0.05, 0.1) is 6.04 Å². The van der Waals surface area contributed by atoms with E-state index in [2.05, 4.69) is 17.2 Å². The molecule has 6 heteroatoms. The molecule has 1 atom stereocenters. The summed E-state index contributed by atoms with van der Waals surface area (Å²) in [6.45, 7) is 9.33. The lowest BCUT2D eigenvalue weighted by atomic mass is 10.0. The van der Waals surface area contributed by atoms with Crippen LogP contribution >= 0.6 is 11.3 Å². The normalized spacial score (nSPS) is 18.6. The fourth-order valence-corrected chi connectivity index (χ4v) is 3.08. The number of amides is 1. The Morgan fingerprint density at radius 1 is 1.48 bits per heavy atom. The van der Waals surface area contributed by atoms with Crippen LogP contribution in [0, 0.1) is 0 Å². The smallest absolute Gasteiger partial charge is 0.410 e. The number of nitrogens with zero attached hydrogens (tertiary/aromatic N) is 2. The minimum absolute atomic E-state index is 0.200. The van der Waals surface area contributed by atoms with Crippen LogP contribution in [0.2, 0.25) is 0 Å². The Kier molecular flexibility index (Phi) is 5.22. The minimum atomic E-state index is -0.425. The third-order valence-electron chi connectivity index (χ3n) is 3.45. The molecule has 0 bridgehead atoms. The van der Waals surface area contributed by atoms with Gasteiger partial charge in [-0.25, -0.2) is 9.78 Å². The number of ether oxygens (including phenoxy) is 1. The van der Waals surface area contributed by atoms with Gasteiger partial charge in [0.15, 0.2) is 0 Å². The summed E-state index contributed by atoms with van der Waals surface area (Å²) in [5, 5.41) is 6.71. The van der Waals surface area contributed by atoms with E-state index in [0.717, 1.165) is 30.9 Å². The molecule has 1 fully saturated rings. The van der Waals surface area contributed by atoms with Gasteiger partial charge in [0.25, 0.3) is 0 Å². The number of carbonyl (C=O) groups is 1. The van der Waals surface area contributed by atoms with E-state index < -0.39 is 5.60 Å². The lowest BCUT2D eigenvalue weighted by Crippen LogP contribution is -2.46. The Morgan fingerprint density at radius 3 is 2.67 bits per heavy atom. The first-order valence-electron chi connectivity index (χ1n) is 7.48. The molecule has 0 saturated carbocycles. The molecular formula is C15H25N3O2S. The van der Waals surface area contributed by atoms with E-state index in [1.807, 2.05) is 32.3 Å². The van der Waals surface area contributed by atoms with Gasteiger partial charge in [0.1, 0.15) is 10.6 Å². The first-order chi connectivity index (χ1) is 9.85. The fraction of sp³-hybridized carbons (Fsp3) is 0.733. The summed E-state index contributed by atoms with van der Waals surface area (Å²) in [7, 11) is 0. The van der Waals surface area contributed by atoms with Crippen molar-refractivity contribution in [3.05, 3.63) is 16.6 Å². The van der Waals surface area contributed by atoms with Gasteiger partial charge in [-0.2, -0.15) is 0 Å². The standard InChI is InChI=1S/C15H25N3O2S/c1-11(13-16-7-10-21-13)17-12-5-8-18(9-6-12)14(19)20-15(2,3)4/h7,10-12,17H,5-6,8-9H2,1-4H3/t11-/m1/s1. The molecule has 1 amide bonds. The van der Waals surface area contributed by atoms with E-state index in [1.54, 1.807) is 16.2 Å². The lowest BCUT2D eigenvalue weighted by Gasteiger charge is -2.34. The number of piperidine rings is 1. The Hall–Kier alpha value is -1.14. The molecule has 118 valence electrons. The van der Waals surface area contributed by atoms with Crippen LogP contribution < -0.4 is 5.32 Å². The highest BCUT2D eigenvalue weighted by molar-refractivity contribution is 7.09. The van der Waals surface area contributed by atoms with Crippen LogP contribution in [0.5, 0.6) is 0 Å². The number of hydrogen-bond acceptors (Lipinski definition) is 5. The van der Waals surface area contributed by atoms with Crippen molar-refractivity contribution in [3.63, 3.8) is 0 Å². The number of carbonyl (C=O) groups excluding carboxylic acids is 1. The second-order valence-corrected chi connectivity index (χ2v) is 7.43. The van der Waals surface area contributed by atoms with Crippen LogP contribution in [0.4, 0.5) is 4.79 Å². The second-order valence-electron chi connectivity index (χ2n) is 6.50. The minimum Gasteiger partial charge on any atom is -0.444 e. The van der Waals surface area contributed by atoms with Crippen molar-refractivity contribution in [2.45, 2.75) is 58.2 Å². The maximum absolute atomic E-state index is 12.0. The molecule has 1 N–H and O–H groups in total. The molecule has 1 aliphatic heterocycles. The van der Waals surface area contributed by atoms with Gasteiger partial charge in [-0.15, -0.1) is 11.3 Å². The average Bonchev–Trinajstić information content (AvgIpc) is 2.91. The lowest BCUT2D eigenvalue weighted by molar-refractivity contribution is 0.0196. The largest absolute Gasteiger partial charge is 0.444 e. The molecule has 1 aromatic rings. The summed E-state index contributed by atoms with van der Waals surface area (Å²) in [5.74, 6) is 0. The summed E-state index contributed by atoms with van der Waals surface area (Å²) in [4.78, 5) is 18.1. The van der Waals surface area contributed by atoms with Crippen LogP contribution in [0.25, 0.3) is 0 Å². The molecular weight excluding hydrogens is 286 g/mol. The molecule has 2 heterocycles. The Morgan fingerprint density at radius 2 is 2.14 bits per heavy atom. The molecule has 0 spiro atoms. The molecule has 5 nitrogen and oxygen atoms in total. The van der Waals surface area contributed by atoms with E-state index in [-0.39, 0.29) is 12.1 Å². The summed E-state index contributed by atoms with van der Waals surface area (Å²) in [6.07, 6.45) is 3.54. The van der Waals surface area contributed by atoms with Crippen molar-refractivity contribution >= 4 is 17.4 Å². The summed E-state index contributed by atoms with van der Waals surface area (Å²) < 4.78 is 5.41. The number of thiazole rings is 1. The first kappa shape index (κ1) is 16.2. The zero-order valence-corrected chi connectivity index (χ0v) is 14.1. The molecule has 1 aliphatic rings. The van der Waals surface area contributed by atoms with Gasteiger partial charge in [0, 0.05) is 30.7 Å². The maximum atomic E-state index is 12.0. The zero-order chi connectivity index (χ0) is 15.5. The van der Waals surface area contributed by atoms with Crippen molar-refractivity contribution in [3.8, 4) is 0 Å². The predicted octanol–water partition coefficient (Wildman–Crippen LogP) is 3.19. The number of rotatable bonds is 3. The topological polar surface area (TPSA) is 54.5 Å². The van der Waals surface area contributed by atoms with E-state index in [4.69, 9.17) is 4.74 Å². The summed E-state index contributed by atoms with van der Waals surface area (Å²) in [6, 6.07) is 0.700. The first-order valence-corrected chi connectivity index (χ1v) is 8.36. The fourth-order valence-electron chi connectivity index (χ4n) is 2.43. The molecule has 1 aromatic heterocycles. The molecule has 0 unspecified atom stereocenters. The average molecular weight is 311 g/mol. The monoisotopic (exact) mass is 311 g/mol. The number of hydrogen-bond donors (Lipinski definition) is 1. The molecule has 0 aromatic carbocycles. The molecule has 0 aliphatic carbocycles. The third-order valence-corrected chi connectivity index (χ3v) is 4.41. The van der Waals surface area contributed by atoms with Gasteiger partial charge in [0.2, 0.25) is 0 Å².